The van der Waals surface area contributed by atoms with Gasteiger partial charge in [-0.2, -0.15) is 0 Å². The molecule has 0 aliphatic heterocycles. The third-order valence-electron chi connectivity index (χ3n) is 1.71. The van der Waals surface area contributed by atoms with E-state index < -0.39 is 0 Å². The first-order valence-corrected chi connectivity index (χ1v) is 4.09. The minimum Gasteiger partial charge on any atom is -0.0804 e. The monoisotopic (exact) mass is 146 g/mol. The number of hydrogen-bond donors (Lipinski definition) is 0. The van der Waals surface area contributed by atoms with Crippen LogP contribution in [0.1, 0.15) is 20.3 Å². The van der Waals surface area contributed by atoms with Gasteiger partial charge in [0.1, 0.15) is 0 Å². The van der Waals surface area contributed by atoms with E-state index in [0.29, 0.717) is 0 Å². The number of hydrogen-bond acceptors (Lipinski definition) is 0. The van der Waals surface area contributed by atoms with Crippen LogP contribution in [0.3, 0.4) is 0 Å². The molecule has 1 aromatic rings. The van der Waals surface area contributed by atoms with Gasteiger partial charge in [0.25, 0.3) is 0 Å². The van der Waals surface area contributed by atoms with Crippen LogP contribution in [0.4, 0.5) is 0 Å². The highest BCUT2D eigenvalue weighted by atomic mass is 13.8. The molecule has 0 unspecified atom stereocenters. The molecule has 0 saturated heterocycles. The van der Waals surface area contributed by atoms with E-state index in [1.54, 1.807) is 0 Å². The highest BCUT2D eigenvalue weighted by Gasteiger charge is 1.76. The SMILES string of the molecule is CC=c1ccc(=CCC)cc1. The molecule has 0 heterocycles. The maximum atomic E-state index is 2.22. The molecule has 0 bridgehead atoms. The lowest BCUT2D eigenvalue weighted by molar-refractivity contribution is 1.28. The van der Waals surface area contributed by atoms with E-state index in [-0.39, 0.29) is 0 Å². The summed E-state index contributed by atoms with van der Waals surface area (Å²) in [5.74, 6) is 0. The quantitative estimate of drug-likeness (QED) is 0.565. The van der Waals surface area contributed by atoms with Crippen molar-refractivity contribution in [3.63, 3.8) is 0 Å². The fourth-order valence-electron chi connectivity index (χ4n) is 1.06. The van der Waals surface area contributed by atoms with Crippen LogP contribution in [0.15, 0.2) is 24.3 Å². The molecule has 0 radical (unpaired) electrons. The van der Waals surface area contributed by atoms with Crippen molar-refractivity contribution in [3.05, 3.63) is 34.7 Å². The predicted molar refractivity (Wildman–Crippen MR) is 50.6 cm³/mol. The first-order chi connectivity index (χ1) is 5.36. The first-order valence-electron chi connectivity index (χ1n) is 4.09. The summed E-state index contributed by atoms with van der Waals surface area (Å²) in [5.41, 5.74) is 0. The van der Waals surface area contributed by atoms with E-state index in [0.717, 1.165) is 6.42 Å². The van der Waals surface area contributed by atoms with Gasteiger partial charge < -0.3 is 0 Å². The van der Waals surface area contributed by atoms with Gasteiger partial charge in [-0.1, -0.05) is 43.3 Å². The van der Waals surface area contributed by atoms with Crippen LogP contribution in [0.2, 0.25) is 0 Å². The molecule has 58 valence electrons. The lowest BCUT2D eigenvalue weighted by Gasteiger charge is -1.85. The summed E-state index contributed by atoms with van der Waals surface area (Å²) in [5, 5.41) is 2.61. The summed E-state index contributed by atoms with van der Waals surface area (Å²) in [6, 6.07) is 8.58. The molecule has 0 fully saturated rings. The second-order valence-electron chi connectivity index (χ2n) is 2.57. The van der Waals surface area contributed by atoms with Gasteiger partial charge in [-0.25, -0.2) is 0 Å². The Kier molecular flexibility index (Phi) is 2.91. The van der Waals surface area contributed by atoms with E-state index >= 15 is 0 Å². The van der Waals surface area contributed by atoms with Crippen LogP contribution in [0.5, 0.6) is 0 Å². The van der Waals surface area contributed by atoms with E-state index in [4.69, 9.17) is 0 Å². The minimum atomic E-state index is 1.11. The summed E-state index contributed by atoms with van der Waals surface area (Å²) in [6.07, 6.45) is 5.43. The highest BCUT2D eigenvalue weighted by molar-refractivity contribution is 5.26. The molecule has 0 aliphatic rings. The zero-order chi connectivity index (χ0) is 8.10. The fraction of sp³-hybridized carbons (Fsp3) is 0.273. The Morgan fingerprint density at radius 2 is 1.64 bits per heavy atom. The van der Waals surface area contributed by atoms with Gasteiger partial charge in [0.15, 0.2) is 0 Å². The maximum absolute atomic E-state index is 2.22. The Balaban J connectivity index is 3.11. The van der Waals surface area contributed by atoms with E-state index in [2.05, 4.69) is 50.3 Å². The lowest BCUT2D eigenvalue weighted by atomic mass is 10.2. The van der Waals surface area contributed by atoms with Crippen LogP contribution in [0.25, 0.3) is 12.2 Å². The standard InChI is InChI=1S/C11H14/c1-3-5-11-8-6-10(4-2)7-9-11/h4-9H,3H2,1-2H3. The van der Waals surface area contributed by atoms with E-state index in [1.165, 1.54) is 10.4 Å². The van der Waals surface area contributed by atoms with Crippen molar-refractivity contribution < 1.29 is 0 Å². The van der Waals surface area contributed by atoms with Crippen molar-refractivity contribution in [1.29, 1.82) is 0 Å². The molecule has 0 aromatic heterocycles. The predicted octanol–water partition coefficient (Wildman–Crippen LogP) is 1.68. The maximum Gasteiger partial charge on any atom is -0.0296 e. The molecule has 0 N–H and O–H groups in total. The number of benzene rings is 1. The fourth-order valence-corrected chi connectivity index (χ4v) is 1.06. The summed E-state index contributed by atoms with van der Waals surface area (Å²) < 4.78 is 0. The Hall–Kier alpha value is -1.04. The smallest absolute Gasteiger partial charge is 0.0296 e. The molecule has 0 amide bonds. The summed E-state index contributed by atoms with van der Waals surface area (Å²) in [7, 11) is 0. The Labute approximate surface area is 67.9 Å². The molecule has 0 saturated carbocycles. The molecular formula is C11H14. The van der Waals surface area contributed by atoms with Crippen molar-refractivity contribution in [1.82, 2.24) is 0 Å². The van der Waals surface area contributed by atoms with Gasteiger partial charge in [0.05, 0.1) is 0 Å². The minimum absolute atomic E-state index is 1.11. The van der Waals surface area contributed by atoms with Gasteiger partial charge in [0.2, 0.25) is 0 Å². The summed E-state index contributed by atoms with van der Waals surface area (Å²) >= 11 is 0. The van der Waals surface area contributed by atoms with Crippen molar-refractivity contribution in [2.75, 3.05) is 0 Å². The topological polar surface area (TPSA) is 0 Å². The molecule has 1 rings (SSSR count). The molecule has 11 heavy (non-hydrogen) atoms. The van der Waals surface area contributed by atoms with Gasteiger partial charge in [-0.15, -0.1) is 0 Å². The van der Waals surface area contributed by atoms with Gasteiger partial charge in [-0.05, 0) is 23.8 Å². The second kappa shape index (κ2) is 3.97. The molecule has 0 nitrogen and oxygen atoms in total. The van der Waals surface area contributed by atoms with Gasteiger partial charge >= 0.3 is 0 Å². The van der Waals surface area contributed by atoms with Crippen molar-refractivity contribution in [2.24, 2.45) is 0 Å². The molecule has 0 heteroatoms. The van der Waals surface area contributed by atoms with E-state index in [9.17, 15) is 0 Å². The van der Waals surface area contributed by atoms with Crippen LogP contribution >= 0.6 is 0 Å². The molecule has 0 aliphatic carbocycles. The van der Waals surface area contributed by atoms with Gasteiger partial charge in [-0.3, -0.25) is 0 Å². The normalized spacial score (nSPS) is 9.27. The summed E-state index contributed by atoms with van der Waals surface area (Å²) in [6.45, 7) is 4.21. The number of rotatable bonds is 1. The molecule has 0 spiro atoms. The van der Waals surface area contributed by atoms with Crippen molar-refractivity contribution in [2.45, 2.75) is 20.3 Å². The average molecular weight is 146 g/mol. The average Bonchev–Trinajstić information content (AvgIpc) is 2.07. The van der Waals surface area contributed by atoms with Crippen LogP contribution < -0.4 is 10.4 Å². The zero-order valence-electron chi connectivity index (χ0n) is 7.17. The first kappa shape index (κ1) is 8.06. The Morgan fingerprint density at radius 1 is 1.09 bits per heavy atom. The lowest BCUT2D eigenvalue weighted by Crippen LogP contribution is -2.05. The van der Waals surface area contributed by atoms with Crippen LogP contribution in [0, 0.1) is 0 Å². The summed E-state index contributed by atoms with van der Waals surface area (Å²) in [4.78, 5) is 0. The third kappa shape index (κ3) is 2.23. The van der Waals surface area contributed by atoms with Crippen molar-refractivity contribution in [3.8, 4) is 0 Å². The zero-order valence-corrected chi connectivity index (χ0v) is 7.17. The van der Waals surface area contributed by atoms with Gasteiger partial charge in [0, 0.05) is 0 Å². The van der Waals surface area contributed by atoms with Crippen LogP contribution in [-0.2, 0) is 0 Å². The Bertz CT molecular complexity index is 297. The van der Waals surface area contributed by atoms with Crippen molar-refractivity contribution >= 4 is 12.2 Å². The van der Waals surface area contributed by atoms with E-state index in [1.807, 2.05) is 0 Å². The largest absolute Gasteiger partial charge is 0.0804 e. The highest BCUT2D eigenvalue weighted by Crippen LogP contribution is 1.76. The molecule has 1 aromatic carbocycles. The molecule has 0 atom stereocenters. The Morgan fingerprint density at radius 3 is 2.09 bits per heavy atom. The third-order valence-corrected chi connectivity index (χ3v) is 1.71. The van der Waals surface area contributed by atoms with Crippen LogP contribution in [-0.4, -0.2) is 0 Å². The second-order valence-corrected chi connectivity index (χ2v) is 2.57. The molecular weight excluding hydrogens is 132 g/mol.